The summed E-state index contributed by atoms with van der Waals surface area (Å²) in [6.07, 6.45) is 1.91. The van der Waals surface area contributed by atoms with E-state index in [1.807, 2.05) is 0 Å². The van der Waals surface area contributed by atoms with Crippen LogP contribution in [-0.2, 0) is 4.74 Å². The number of ether oxygens (including phenoxy) is 1. The van der Waals surface area contributed by atoms with Crippen LogP contribution in [0.3, 0.4) is 0 Å². The Morgan fingerprint density at radius 3 is 2.45 bits per heavy atom. The molecule has 1 aliphatic heterocycles. The van der Waals surface area contributed by atoms with Gasteiger partial charge < -0.3 is 10.1 Å². The van der Waals surface area contributed by atoms with Gasteiger partial charge in [0.05, 0.1) is 12.2 Å². The van der Waals surface area contributed by atoms with Gasteiger partial charge >= 0.3 is 0 Å². The van der Waals surface area contributed by atoms with E-state index in [9.17, 15) is 0 Å². The van der Waals surface area contributed by atoms with Crippen LogP contribution in [0.25, 0.3) is 0 Å². The summed E-state index contributed by atoms with van der Waals surface area (Å²) in [4.78, 5) is 0. The van der Waals surface area contributed by atoms with Gasteiger partial charge in [0, 0.05) is 12.1 Å². The van der Waals surface area contributed by atoms with Crippen molar-refractivity contribution in [3.63, 3.8) is 0 Å². The molecule has 1 rings (SSSR count). The average molecular weight is 157 g/mol. The van der Waals surface area contributed by atoms with E-state index < -0.39 is 0 Å². The highest BCUT2D eigenvalue weighted by atomic mass is 16.5. The number of rotatable bonds is 2. The summed E-state index contributed by atoms with van der Waals surface area (Å²) in [5, 5.41) is 3.43. The molecule has 0 aromatic heterocycles. The Balaban J connectivity index is 2.31. The molecule has 2 nitrogen and oxygen atoms in total. The molecule has 11 heavy (non-hydrogen) atoms. The first kappa shape index (κ1) is 9.01. The van der Waals surface area contributed by atoms with Crippen molar-refractivity contribution in [3.05, 3.63) is 0 Å². The summed E-state index contributed by atoms with van der Waals surface area (Å²) in [7, 11) is 0. The first-order chi connectivity index (χ1) is 4.99. The van der Waals surface area contributed by atoms with E-state index in [-0.39, 0.29) is 5.54 Å². The summed E-state index contributed by atoms with van der Waals surface area (Å²) in [5.74, 6) is 0. The van der Waals surface area contributed by atoms with Crippen molar-refractivity contribution in [1.82, 2.24) is 5.32 Å². The lowest BCUT2D eigenvalue weighted by atomic mass is 10.0. The van der Waals surface area contributed by atoms with Crippen molar-refractivity contribution in [2.75, 3.05) is 6.54 Å². The van der Waals surface area contributed by atoms with E-state index in [1.54, 1.807) is 0 Å². The van der Waals surface area contributed by atoms with Gasteiger partial charge in [-0.25, -0.2) is 0 Å². The minimum absolute atomic E-state index is 0.277. The van der Waals surface area contributed by atoms with E-state index in [2.05, 4.69) is 33.0 Å². The van der Waals surface area contributed by atoms with E-state index in [0.717, 1.165) is 13.0 Å². The summed E-state index contributed by atoms with van der Waals surface area (Å²) in [5.41, 5.74) is 0.277. The fraction of sp³-hybridized carbons (Fsp3) is 1.00. The molecule has 0 spiro atoms. The van der Waals surface area contributed by atoms with Gasteiger partial charge in [0.1, 0.15) is 0 Å². The molecular weight excluding hydrogens is 138 g/mol. The van der Waals surface area contributed by atoms with Crippen LogP contribution in [0.5, 0.6) is 0 Å². The van der Waals surface area contributed by atoms with Gasteiger partial charge in [-0.15, -0.1) is 0 Å². The Kier molecular flexibility index (Phi) is 2.55. The molecule has 1 atom stereocenters. The third kappa shape index (κ3) is 2.80. The molecule has 1 aliphatic rings. The largest absolute Gasteiger partial charge is 0.374 e. The van der Waals surface area contributed by atoms with E-state index in [1.165, 1.54) is 0 Å². The van der Waals surface area contributed by atoms with Gasteiger partial charge in [-0.2, -0.15) is 0 Å². The Morgan fingerprint density at radius 1 is 1.45 bits per heavy atom. The molecule has 1 N–H and O–H groups in total. The topological polar surface area (TPSA) is 21.3 Å². The van der Waals surface area contributed by atoms with E-state index in [0.29, 0.717) is 12.2 Å². The monoisotopic (exact) mass is 157 g/mol. The van der Waals surface area contributed by atoms with Crippen molar-refractivity contribution in [2.24, 2.45) is 0 Å². The zero-order valence-electron chi connectivity index (χ0n) is 7.98. The standard InChI is InChI=1S/C9H19NO/c1-7(2)11-8-5-9(3,4)10-6-8/h7-8,10H,5-6H2,1-4H3. The fourth-order valence-electron chi connectivity index (χ4n) is 1.58. The van der Waals surface area contributed by atoms with Crippen LogP contribution in [0, 0.1) is 0 Å². The van der Waals surface area contributed by atoms with Gasteiger partial charge in [-0.3, -0.25) is 0 Å². The Morgan fingerprint density at radius 2 is 2.09 bits per heavy atom. The van der Waals surface area contributed by atoms with Crippen molar-refractivity contribution in [1.29, 1.82) is 0 Å². The summed E-state index contributed by atoms with van der Waals surface area (Å²) >= 11 is 0. The summed E-state index contributed by atoms with van der Waals surface area (Å²) in [6.45, 7) is 9.62. The number of hydrogen-bond donors (Lipinski definition) is 1. The van der Waals surface area contributed by atoms with Crippen LogP contribution < -0.4 is 5.32 Å². The lowest BCUT2D eigenvalue weighted by Crippen LogP contribution is -2.31. The normalized spacial score (nSPS) is 29.7. The van der Waals surface area contributed by atoms with Gasteiger partial charge in [0.15, 0.2) is 0 Å². The molecule has 1 saturated heterocycles. The van der Waals surface area contributed by atoms with E-state index >= 15 is 0 Å². The lowest BCUT2D eigenvalue weighted by molar-refractivity contribution is 0.0170. The Hall–Kier alpha value is -0.0800. The number of hydrogen-bond acceptors (Lipinski definition) is 2. The van der Waals surface area contributed by atoms with Crippen LogP contribution in [-0.4, -0.2) is 24.3 Å². The molecule has 0 radical (unpaired) electrons. The third-order valence-electron chi connectivity index (χ3n) is 2.01. The van der Waals surface area contributed by atoms with Crippen molar-refractivity contribution in [3.8, 4) is 0 Å². The molecule has 1 heterocycles. The highest BCUT2D eigenvalue weighted by molar-refractivity contribution is 4.90. The van der Waals surface area contributed by atoms with Gasteiger partial charge in [0.2, 0.25) is 0 Å². The van der Waals surface area contributed by atoms with Crippen LogP contribution in [0.2, 0.25) is 0 Å². The smallest absolute Gasteiger partial charge is 0.0720 e. The quantitative estimate of drug-likeness (QED) is 0.656. The second-order valence-electron chi connectivity index (χ2n) is 4.28. The molecule has 0 amide bonds. The maximum atomic E-state index is 5.68. The highest BCUT2D eigenvalue weighted by Crippen LogP contribution is 2.20. The lowest BCUT2D eigenvalue weighted by Gasteiger charge is -2.18. The Bertz CT molecular complexity index is 132. The second-order valence-corrected chi connectivity index (χ2v) is 4.28. The Labute approximate surface area is 69.3 Å². The summed E-state index contributed by atoms with van der Waals surface area (Å²) in [6, 6.07) is 0. The molecule has 2 heteroatoms. The molecule has 66 valence electrons. The number of nitrogens with one attached hydrogen (secondary N) is 1. The van der Waals surface area contributed by atoms with Crippen LogP contribution >= 0.6 is 0 Å². The first-order valence-electron chi connectivity index (χ1n) is 4.40. The van der Waals surface area contributed by atoms with Gasteiger partial charge in [0.25, 0.3) is 0 Å². The minimum Gasteiger partial charge on any atom is -0.374 e. The van der Waals surface area contributed by atoms with Gasteiger partial charge in [-0.05, 0) is 34.1 Å². The van der Waals surface area contributed by atoms with Crippen LogP contribution in [0.1, 0.15) is 34.1 Å². The van der Waals surface area contributed by atoms with Gasteiger partial charge in [-0.1, -0.05) is 0 Å². The van der Waals surface area contributed by atoms with Crippen molar-refractivity contribution >= 4 is 0 Å². The molecule has 0 aromatic rings. The predicted molar refractivity (Wildman–Crippen MR) is 46.7 cm³/mol. The molecule has 0 bridgehead atoms. The van der Waals surface area contributed by atoms with Crippen LogP contribution in [0.15, 0.2) is 0 Å². The minimum atomic E-state index is 0.277. The molecular formula is C9H19NO. The molecule has 0 aliphatic carbocycles. The fourth-order valence-corrected chi connectivity index (χ4v) is 1.58. The third-order valence-corrected chi connectivity index (χ3v) is 2.01. The molecule has 1 fully saturated rings. The highest BCUT2D eigenvalue weighted by Gasteiger charge is 2.30. The molecule has 1 unspecified atom stereocenters. The second kappa shape index (κ2) is 3.11. The van der Waals surface area contributed by atoms with Crippen molar-refractivity contribution in [2.45, 2.75) is 51.9 Å². The maximum Gasteiger partial charge on any atom is 0.0720 e. The molecule has 0 saturated carbocycles. The van der Waals surface area contributed by atoms with Crippen LogP contribution in [0.4, 0.5) is 0 Å². The molecule has 0 aromatic carbocycles. The predicted octanol–water partition coefficient (Wildman–Crippen LogP) is 1.55. The maximum absolute atomic E-state index is 5.68. The SMILES string of the molecule is CC(C)OC1CNC(C)(C)C1. The summed E-state index contributed by atoms with van der Waals surface area (Å²) < 4.78 is 5.68. The zero-order valence-corrected chi connectivity index (χ0v) is 7.98. The zero-order chi connectivity index (χ0) is 8.48. The van der Waals surface area contributed by atoms with Crippen molar-refractivity contribution < 1.29 is 4.74 Å². The first-order valence-corrected chi connectivity index (χ1v) is 4.40. The van der Waals surface area contributed by atoms with E-state index in [4.69, 9.17) is 4.74 Å². The average Bonchev–Trinajstić information content (AvgIpc) is 2.08.